The lowest BCUT2D eigenvalue weighted by Gasteiger charge is -2.26. The fraction of sp³-hybridized carbons (Fsp3) is 0.174. The Kier molecular flexibility index (Phi) is 4.17. The van der Waals surface area contributed by atoms with Gasteiger partial charge in [-0.1, -0.05) is 48.5 Å². The van der Waals surface area contributed by atoms with Crippen LogP contribution in [0.5, 0.6) is 0 Å². The molecule has 0 aliphatic carbocycles. The molecule has 30 heavy (non-hydrogen) atoms. The van der Waals surface area contributed by atoms with Crippen LogP contribution < -0.4 is 5.63 Å². The quantitative estimate of drug-likeness (QED) is 0.483. The lowest BCUT2D eigenvalue weighted by Crippen LogP contribution is -2.28. The van der Waals surface area contributed by atoms with Gasteiger partial charge in [0.05, 0.1) is 24.1 Å². The molecule has 1 aliphatic heterocycles. The van der Waals surface area contributed by atoms with Gasteiger partial charge in [-0.2, -0.15) is 0 Å². The topological polar surface area (TPSA) is 87.7 Å². The Hall–Kier alpha value is -3.87. The first-order valence-corrected chi connectivity index (χ1v) is 9.61. The summed E-state index contributed by atoms with van der Waals surface area (Å²) in [7, 11) is 0. The molecular weight excluding hydrogens is 386 g/mol. The zero-order chi connectivity index (χ0) is 20.8. The average molecular weight is 403 g/mol. The van der Waals surface area contributed by atoms with Gasteiger partial charge in [-0.05, 0) is 18.6 Å². The molecule has 0 bridgehead atoms. The summed E-state index contributed by atoms with van der Waals surface area (Å²) >= 11 is 0. The van der Waals surface area contributed by atoms with E-state index in [1.165, 1.54) is 0 Å². The molecule has 0 saturated heterocycles. The first-order valence-electron chi connectivity index (χ1n) is 9.61. The van der Waals surface area contributed by atoms with Crippen molar-refractivity contribution in [2.24, 2.45) is 0 Å². The number of benzene rings is 2. The van der Waals surface area contributed by atoms with Gasteiger partial charge in [-0.3, -0.25) is 0 Å². The molecule has 7 nitrogen and oxygen atoms in total. The standard InChI is InChI=1S/C23H17NO6/c1-2-28-22(26)17-19-23(27)29-16(13-8-4-3-5-9-13)12-24(19)18-14-10-6-7-11-15(14)21(25)30-20(17)18/h3-11,16H,2,12H2,1H3. The summed E-state index contributed by atoms with van der Waals surface area (Å²) in [5.41, 5.74) is 0.747. The van der Waals surface area contributed by atoms with Crippen LogP contribution in [0.4, 0.5) is 0 Å². The number of esters is 2. The summed E-state index contributed by atoms with van der Waals surface area (Å²) in [4.78, 5) is 38.3. The number of cyclic esters (lactones) is 1. The van der Waals surface area contributed by atoms with Gasteiger partial charge < -0.3 is 18.5 Å². The maximum absolute atomic E-state index is 13.0. The highest BCUT2D eigenvalue weighted by atomic mass is 16.6. The Morgan fingerprint density at radius 3 is 2.50 bits per heavy atom. The predicted octanol–water partition coefficient (Wildman–Crippen LogP) is 3.84. The second kappa shape index (κ2) is 6.88. The van der Waals surface area contributed by atoms with Crippen LogP contribution in [0.3, 0.4) is 0 Å². The van der Waals surface area contributed by atoms with E-state index in [0.29, 0.717) is 16.3 Å². The number of ether oxygens (including phenoxy) is 2. The van der Waals surface area contributed by atoms with Crippen LogP contribution in [0, 0.1) is 0 Å². The van der Waals surface area contributed by atoms with Gasteiger partial charge in [0, 0.05) is 5.39 Å². The van der Waals surface area contributed by atoms with Crippen LogP contribution in [-0.4, -0.2) is 23.1 Å². The third kappa shape index (κ3) is 2.62. The molecule has 0 fully saturated rings. The predicted molar refractivity (Wildman–Crippen MR) is 109 cm³/mol. The number of hydrogen-bond acceptors (Lipinski definition) is 6. The van der Waals surface area contributed by atoms with Crippen LogP contribution in [-0.2, 0) is 16.0 Å². The third-order valence-electron chi connectivity index (χ3n) is 5.26. The summed E-state index contributed by atoms with van der Waals surface area (Å²) < 4.78 is 18.0. The Balaban J connectivity index is 1.85. The van der Waals surface area contributed by atoms with E-state index in [4.69, 9.17) is 13.9 Å². The first kappa shape index (κ1) is 18.2. The molecule has 1 unspecified atom stereocenters. The Labute approximate surface area is 170 Å². The van der Waals surface area contributed by atoms with Crippen molar-refractivity contribution in [3.05, 3.63) is 81.8 Å². The molecule has 2 aromatic heterocycles. The minimum Gasteiger partial charge on any atom is -0.462 e. The Morgan fingerprint density at radius 1 is 1.07 bits per heavy atom. The average Bonchev–Trinajstić information content (AvgIpc) is 3.09. The number of rotatable bonds is 3. The molecule has 1 aliphatic rings. The highest BCUT2D eigenvalue weighted by molar-refractivity contribution is 6.16. The van der Waals surface area contributed by atoms with E-state index in [1.807, 2.05) is 30.3 Å². The number of aromatic nitrogens is 1. The second-order valence-corrected chi connectivity index (χ2v) is 6.97. The van der Waals surface area contributed by atoms with E-state index in [1.54, 1.807) is 35.8 Å². The van der Waals surface area contributed by atoms with Crippen molar-refractivity contribution in [3.63, 3.8) is 0 Å². The molecule has 7 heteroatoms. The van der Waals surface area contributed by atoms with Crippen LogP contribution in [0.15, 0.2) is 63.8 Å². The first-order chi connectivity index (χ1) is 14.6. The summed E-state index contributed by atoms with van der Waals surface area (Å²) in [5, 5.41) is 0.970. The van der Waals surface area contributed by atoms with E-state index in [-0.39, 0.29) is 30.0 Å². The highest BCUT2D eigenvalue weighted by Gasteiger charge is 2.38. The lowest BCUT2D eigenvalue weighted by atomic mass is 10.1. The van der Waals surface area contributed by atoms with E-state index in [2.05, 4.69) is 0 Å². The Bertz CT molecular complexity index is 1370. The normalized spacial score (nSPS) is 15.8. The molecule has 3 heterocycles. The SMILES string of the molecule is CCOC(=O)c1c2n(c3c1oc(=O)c1ccccc13)CC(c1ccccc1)OC2=O. The van der Waals surface area contributed by atoms with Gasteiger partial charge >= 0.3 is 17.6 Å². The second-order valence-electron chi connectivity index (χ2n) is 6.97. The van der Waals surface area contributed by atoms with Crippen molar-refractivity contribution in [1.29, 1.82) is 0 Å². The van der Waals surface area contributed by atoms with Crippen molar-refractivity contribution in [3.8, 4) is 0 Å². The van der Waals surface area contributed by atoms with Crippen LogP contribution in [0.1, 0.15) is 39.4 Å². The van der Waals surface area contributed by atoms with Crippen molar-refractivity contribution in [2.75, 3.05) is 6.61 Å². The van der Waals surface area contributed by atoms with Gasteiger partial charge in [0.2, 0.25) is 0 Å². The summed E-state index contributed by atoms with van der Waals surface area (Å²) in [6.07, 6.45) is -0.539. The summed E-state index contributed by atoms with van der Waals surface area (Å²) in [6.45, 7) is 2.06. The molecule has 0 spiro atoms. The minimum absolute atomic E-state index is 0.0372. The third-order valence-corrected chi connectivity index (χ3v) is 5.26. The molecule has 0 amide bonds. The van der Waals surface area contributed by atoms with Crippen LogP contribution in [0.25, 0.3) is 21.9 Å². The van der Waals surface area contributed by atoms with Gasteiger partial charge in [0.1, 0.15) is 17.4 Å². The van der Waals surface area contributed by atoms with Gasteiger partial charge in [-0.25, -0.2) is 14.4 Å². The number of carbonyl (C=O) groups excluding carboxylic acids is 2. The van der Waals surface area contributed by atoms with Crippen molar-refractivity contribution in [2.45, 2.75) is 19.6 Å². The maximum Gasteiger partial charge on any atom is 0.356 e. The molecule has 4 aromatic rings. The molecule has 0 N–H and O–H groups in total. The smallest absolute Gasteiger partial charge is 0.356 e. The molecule has 1 atom stereocenters. The van der Waals surface area contributed by atoms with Crippen molar-refractivity contribution >= 4 is 33.8 Å². The summed E-state index contributed by atoms with van der Waals surface area (Å²) in [6, 6.07) is 16.3. The maximum atomic E-state index is 13.0. The van der Waals surface area contributed by atoms with Crippen molar-refractivity contribution in [1.82, 2.24) is 4.57 Å². The molecule has 150 valence electrons. The minimum atomic E-state index is -0.732. The molecule has 0 saturated carbocycles. The number of carbonyl (C=O) groups is 2. The van der Waals surface area contributed by atoms with E-state index < -0.39 is 23.7 Å². The van der Waals surface area contributed by atoms with E-state index >= 15 is 0 Å². The fourth-order valence-corrected chi connectivity index (χ4v) is 3.99. The van der Waals surface area contributed by atoms with E-state index in [0.717, 1.165) is 5.56 Å². The van der Waals surface area contributed by atoms with Gasteiger partial charge in [0.15, 0.2) is 5.58 Å². The van der Waals surface area contributed by atoms with Crippen LogP contribution in [0.2, 0.25) is 0 Å². The lowest BCUT2D eigenvalue weighted by molar-refractivity contribution is 0.0153. The molecular formula is C23H17NO6. The fourth-order valence-electron chi connectivity index (χ4n) is 3.99. The largest absolute Gasteiger partial charge is 0.462 e. The van der Waals surface area contributed by atoms with Gasteiger partial charge in [-0.15, -0.1) is 0 Å². The number of hydrogen-bond donors (Lipinski definition) is 0. The number of nitrogens with zero attached hydrogens (tertiary/aromatic N) is 1. The molecule has 5 rings (SSSR count). The molecule has 2 aromatic carbocycles. The molecule has 0 radical (unpaired) electrons. The van der Waals surface area contributed by atoms with Crippen molar-refractivity contribution < 1.29 is 23.5 Å². The zero-order valence-corrected chi connectivity index (χ0v) is 16.1. The monoisotopic (exact) mass is 403 g/mol. The highest BCUT2D eigenvalue weighted by Crippen LogP contribution is 2.37. The van der Waals surface area contributed by atoms with E-state index in [9.17, 15) is 14.4 Å². The number of fused-ring (bicyclic) bond motifs is 5. The van der Waals surface area contributed by atoms with Gasteiger partial charge in [0.25, 0.3) is 0 Å². The summed E-state index contributed by atoms with van der Waals surface area (Å²) in [5.74, 6) is -1.40. The Morgan fingerprint density at radius 2 is 1.77 bits per heavy atom. The van der Waals surface area contributed by atoms with Crippen LogP contribution >= 0.6 is 0 Å². The zero-order valence-electron chi connectivity index (χ0n) is 16.1.